The van der Waals surface area contributed by atoms with E-state index in [2.05, 4.69) is 15.0 Å². The van der Waals surface area contributed by atoms with E-state index in [-0.39, 0.29) is 16.0 Å². The van der Waals surface area contributed by atoms with E-state index in [9.17, 15) is 12.8 Å². The van der Waals surface area contributed by atoms with Crippen molar-refractivity contribution in [3.63, 3.8) is 0 Å². The van der Waals surface area contributed by atoms with Crippen LogP contribution < -0.4 is 0 Å². The average Bonchev–Trinajstić information content (AvgIpc) is 3.26. The first-order valence-corrected chi connectivity index (χ1v) is 11.3. The van der Waals surface area contributed by atoms with Gasteiger partial charge in [-0.3, -0.25) is 4.90 Å². The summed E-state index contributed by atoms with van der Waals surface area (Å²) in [5, 5.41) is 3.84. The third-order valence-corrected chi connectivity index (χ3v) is 7.37. The molecule has 0 N–H and O–H groups in total. The summed E-state index contributed by atoms with van der Waals surface area (Å²) in [6.07, 6.45) is 0. The molecule has 10 heteroatoms. The van der Waals surface area contributed by atoms with Gasteiger partial charge in [-0.2, -0.15) is 9.29 Å². The standard InChI is InChI=1S/C20H20ClFN4O3S/c1-14(20-23-19(24-29-20)15-5-3-2-4-6-15)25-9-11-26(12-10-25)30(27,28)16-7-8-18(22)17(21)13-16/h2-8,13-14H,9-12H2,1H3. The van der Waals surface area contributed by atoms with Gasteiger partial charge in [0.05, 0.1) is 16.0 Å². The van der Waals surface area contributed by atoms with Gasteiger partial charge >= 0.3 is 0 Å². The van der Waals surface area contributed by atoms with Crippen LogP contribution in [0.4, 0.5) is 4.39 Å². The predicted octanol–water partition coefficient (Wildman–Crippen LogP) is 3.60. The smallest absolute Gasteiger partial charge is 0.244 e. The van der Waals surface area contributed by atoms with Gasteiger partial charge in [0.25, 0.3) is 0 Å². The minimum absolute atomic E-state index is 0.0141. The highest BCUT2D eigenvalue weighted by atomic mass is 35.5. The Morgan fingerprint density at radius 3 is 2.47 bits per heavy atom. The molecule has 7 nitrogen and oxygen atoms in total. The molecule has 0 aliphatic carbocycles. The van der Waals surface area contributed by atoms with Gasteiger partial charge in [0.15, 0.2) is 0 Å². The number of halogens is 2. The highest BCUT2D eigenvalue weighted by Gasteiger charge is 2.32. The van der Waals surface area contributed by atoms with Crippen molar-refractivity contribution >= 4 is 21.6 Å². The van der Waals surface area contributed by atoms with Gasteiger partial charge in [-0.1, -0.05) is 47.1 Å². The topological polar surface area (TPSA) is 79.5 Å². The maximum absolute atomic E-state index is 13.4. The van der Waals surface area contributed by atoms with Crippen molar-refractivity contribution in [1.82, 2.24) is 19.3 Å². The first-order chi connectivity index (χ1) is 14.4. The number of aromatic nitrogens is 2. The van der Waals surface area contributed by atoms with Crippen molar-refractivity contribution < 1.29 is 17.3 Å². The van der Waals surface area contributed by atoms with Crippen LogP contribution in [0.2, 0.25) is 5.02 Å². The maximum Gasteiger partial charge on any atom is 0.244 e. The van der Waals surface area contributed by atoms with E-state index in [1.54, 1.807) is 0 Å². The van der Waals surface area contributed by atoms with Crippen LogP contribution in [0.1, 0.15) is 18.9 Å². The summed E-state index contributed by atoms with van der Waals surface area (Å²) in [4.78, 5) is 6.56. The lowest BCUT2D eigenvalue weighted by Crippen LogP contribution is -2.49. The van der Waals surface area contributed by atoms with Crippen molar-refractivity contribution in [3.05, 3.63) is 65.3 Å². The molecule has 1 aliphatic rings. The Hall–Kier alpha value is -2.33. The van der Waals surface area contributed by atoms with Crippen molar-refractivity contribution in [2.24, 2.45) is 0 Å². The SMILES string of the molecule is CC(c1nc(-c2ccccc2)no1)N1CCN(S(=O)(=O)c2ccc(F)c(Cl)c2)CC1. The van der Waals surface area contributed by atoms with Gasteiger partial charge in [0, 0.05) is 31.7 Å². The lowest BCUT2D eigenvalue weighted by atomic mass is 10.2. The second-order valence-electron chi connectivity index (χ2n) is 7.01. The zero-order valence-corrected chi connectivity index (χ0v) is 17.8. The fourth-order valence-electron chi connectivity index (χ4n) is 3.38. The molecule has 0 radical (unpaired) electrons. The molecular weight excluding hydrogens is 431 g/mol. The number of benzene rings is 2. The first-order valence-electron chi connectivity index (χ1n) is 9.44. The minimum atomic E-state index is -3.74. The summed E-state index contributed by atoms with van der Waals surface area (Å²) >= 11 is 5.75. The third-order valence-electron chi connectivity index (χ3n) is 5.18. The molecule has 0 amide bonds. The van der Waals surface area contributed by atoms with Gasteiger partial charge in [0.1, 0.15) is 5.82 Å². The molecule has 4 rings (SSSR count). The Morgan fingerprint density at radius 2 is 1.80 bits per heavy atom. The Labute approximate surface area is 179 Å². The second-order valence-corrected chi connectivity index (χ2v) is 9.36. The molecule has 1 saturated heterocycles. The van der Waals surface area contributed by atoms with E-state index in [0.717, 1.165) is 17.7 Å². The summed E-state index contributed by atoms with van der Waals surface area (Å²) in [7, 11) is -3.74. The molecule has 1 atom stereocenters. The number of hydrogen-bond acceptors (Lipinski definition) is 6. The lowest BCUT2D eigenvalue weighted by Gasteiger charge is -2.36. The molecule has 1 aliphatic heterocycles. The van der Waals surface area contributed by atoms with Crippen LogP contribution in [-0.2, 0) is 10.0 Å². The summed E-state index contributed by atoms with van der Waals surface area (Å²) in [6, 6.07) is 12.8. The largest absolute Gasteiger partial charge is 0.337 e. The Balaban J connectivity index is 1.43. The summed E-state index contributed by atoms with van der Waals surface area (Å²) in [5.74, 6) is 0.353. The molecule has 1 aromatic heterocycles. The fraction of sp³-hybridized carbons (Fsp3) is 0.300. The van der Waals surface area contributed by atoms with E-state index in [1.165, 1.54) is 10.4 Å². The molecule has 1 unspecified atom stereocenters. The van der Waals surface area contributed by atoms with Crippen LogP contribution in [-0.4, -0.2) is 53.9 Å². The molecule has 1 fully saturated rings. The predicted molar refractivity (Wildman–Crippen MR) is 110 cm³/mol. The van der Waals surface area contributed by atoms with E-state index in [1.807, 2.05) is 37.3 Å². The van der Waals surface area contributed by atoms with E-state index < -0.39 is 15.8 Å². The second kappa shape index (κ2) is 8.43. The number of sulfonamides is 1. The fourth-order valence-corrected chi connectivity index (χ4v) is 5.08. The normalized spacial score (nSPS) is 17.2. The van der Waals surface area contributed by atoms with Gasteiger partial charge in [-0.05, 0) is 25.1 Å². The van der Waals surface area contributed by atoms with E-state index in [4.69, 9.17) is 16.1 Å². The number of piperazine rings is 1. The highest BCUT2D eigenvalue weighted by Crippen LogP contribution is 2.26. The maximum atomic E-state index is 13.4. The highest BCUT2D eigenvalue weighted by molar-refractivity contribution is 7.89. The van der Waals surface area contributed by atoms with Gasteiger partial charge in [-0.25, -0.2) is 12.8 Å². The molecule has 158 valence electrons. The minimum Gasteiger partial charge on any atom is -0.337 e. The molecule has 0 saturated carbocycles. The summed E-state index contributed by atoms with van der Waals surface area (Å²) < 4.78 is 45.9. The van der Waals surface area contributed by atoms with Crippen LogP contribution in [0.3, 0.4) is 0 Å². The summed E-state index contributed by atoms with van der Waals surface area (Å²) in [5.41, 5.74) is 0.869. The molecular formula is C20H20ClFN4O3S. The third kappa shape index (κ3) is 4.11. The Morgan fingerprint density at radius 1 is 1.10 bits per heavy atom. The molecule has 2 heterocycles. The monoisotopic (exact) mass is 450 g/mol. The van der Waals surface area contributed by atoms with Crippen molar-refractivity contribution in [1.29, 1.82) is 0 Å². The zero-order valence-electron chi connectivity index (χ0n) is 16.2. The molecule has 2 aromatic carbocycles. The Bertz CT molecular complexity index is 1130. The average molecular weight is 451 g/mol. The van der Waals surface area contributed by atoms with Gasteiger partial charge < -0.3 is 4.52 Å². The van der Waals surface area contributed by atoms with Crippen LogP contribution in [0.5, 0.6) is 0 Å². The van der Waals surface area contributed by atoms with Crippen molar-refractivity contribution in [2.75, 3.05) is 26.2 Å². The van der Waals surface area contributed by atoms with Crippen LogP contribution in [0.25, 0.3) is 11.4 Å². The molecule has 3 aromatic rings. The summed E-state index contributed by atoms with van der Waals surface area (Å²) in [6.45, 7) is 3.53. The van der Waals surface area contributed by atoms with Crippen molar-refractivity contribution in [3.8, 4) is 11.4 Å². The van der Waals surface area contributed by atoms with Crippen LogP contribution >= 0.6 is 11.6 Å². The van der Waals surface area contributed by atoms with Crippen molar-refractivity contribution in [2.45, 2.75) is 17.9 Å². The van der Waals surface area contributed by atoms with E-state index >= 15 is 0 Å². The van der Waals surface area contributed by atoms with Crippen LogP contribution in [0.15, 0.2) is 57.9 Å². The first kappa shape index (κ1) is 20.9. The zero-order chi connectivity index (χ0) is 21.3. The molecule has 0 spiro atoms. The van der Waals surface area contributed by atoms with Gasteiger partial charge in [0.2, 0.25) is 21.7 Å². The Kier molecular flexibility index (Phi) is 5.88. The quantitative estimate of drug-likeness (QED) is 0.591. The lowest BCUT2D eigenvalue weighted by molar-refractivity contribution is 0.124. The van der Waals surface area contributed by atoms with Gasteiger partial charge in [-0.15, -0.1) is 0 Å². The molecule has 0 bridgehead atoms. The van der Waals surface area contributed by atoms with E-state index in [0.29, 0.717) is 37.9 Å². The number of nitrogens with zero attached hydrogens (tertiary/aromatic N) is 4. The number of hydrogen-bond donors (Lipinski definition) is 0. The number of rotatable bonds is 5. The van der Waals surface area contributed by atoms with Crippen LogP contribution in [0, 0.1) is 5.82 Å². The molecule has 30 heavy (non-hydrogen) atoms.